The number of benzene rings is 1. The highest BCUT2D eigenvalue weighted by atomic mass is 16.7. The number of aromatic nitrogens is 2. The summed E-state index contributed by atoms with van der Waals surface area (Å²) in [5.41, 5.74) is 0.672. The Hall–Kier alpha value is -2.77. The number of piperidine rings is 1. The molecule has 1 atom stereocenters. The molecule has 0 aliphatic carbocycles. The molecule has 2 aromatic rings. The molecule has 2 aliphatic heterocycles. The Morgan fingerprint density at radius 2 is 2.12 bits per heavy atom. The summed E-state index contributed by atoms with van der Waals surface area (Å²) in [4.78, 5) is 18.7. The highest BCUT2D eigenvalue weighted by Crippen LogP contribution is 2.40. The molecule has 3 heterocycles. The number of nitrogens with one attached hydrogen (secondary N) is 1. The van der Waals surface area contributed by atoms with E-state index in [1.807, 2.05) is 19.9 Å². The zero-order valence-electron chi connectivity index (χ0n) is 15.1. The number of carbonyl (C=O) groups excluding carboxylic acids is 1. The Morgan fingerprint density at radius 3 is 2.88 bits per heavy atom. The van der Waals surface area contributed by atoms with Gasteiger partial charge in [-0.2, -0.15) is 4.98 Å². The minimum Gasteiger partial charge on any atom is -0.449 e. The van der Waals surface area contributed by atoms with Crippen LogP contribution in [0, 0.1) is 6.92 Å². The maximum absolute atomic E-state index is 12.7. The molecule has 1 fully saturated rings. The number of likely N-dealkylation sites (tertiary alicyclic amines) is 1. The standard InChI is InChI=1S/C18H22N4O4/c1-11-19-16(26-21-11)12-5-4-8-22(10-12)17(23)20-13-6-7-14-15(9-13)25-18(2,3)24-14/h6-7,9,12H,4-5,8,10H2,1-3H3,(H,20,23)/t12-/m0/s1. The van der Waals surface area contributed by atoms with Crippen molar-refractivity contribution in [3.8, 4) is 11.5 Å². The fourth-order valence-corrected chi connectivity index (χ4v) is 3.34. The number of fused-ring (bicyclic) bond motifs is 1. The van der Waals surface area contributed by atoms with Gasteiger partial charge in [0, 0.05) is 38.7 Å². The van der Waals surface area contributed by atoms with Crippen molar-refractivity contribution < 1.29 is 18.8 Å². The molecule has 138 valence electrons. The smallest absolute Gasteiger partial charge is 0.321 e. The molecule has 0 unspecified atom stereocenters. The summed E-state index contributed by atoms with van der Waals surface area (Å²) in [5, 5.41) is 6.77. The van der Waals surface area contributed by atoms with E-state index in [4.69, 9.17) is 14.0 Å². The van der Waals surface area contributed by atoms with E-state index in [9.17, 15) is 4.79 Å². The van der Waals surface area contributed by atoms with Crippen LogP contribution in [0.3, 0.4) is 0 Å². The Morgan fingerprint density at radius 1 is 1.31 bits per heavy atom. The summed E-state index contributed by atoms with van der Waals surface area (Å²) in [5.74, 6) is 1.92. The van der Waals surface area contributed by atoms with Gasteiger partial charge in [-0.05, 0) is 31.9 Å². The summed E-state index contributed by atoms with van der Waals surface area (Å²) < 4.78 is 16.7. The lowest BCUT2D eigenvalue weighted by Crippen LogP contribution is -2.41. The van der Waals surface area contributed by atoms with Crippen molar-refractivity contribution in [2.45, 2.75) is 45.3 Å². The molecule has 8 nitrogen and oxygen atoms in total. The number of rotatable bonds is 2. The van der Waals surface area contributed by atoms with Crippen LogP contribution in [0.1, 0.15) is 44.3 Å². The minimum absolute atomic E-state index is 0.0771. The van der Waals surface area contributed by atoms with Crippen LogP contribution in [-0.2, 0) is 0 Å². The molecule has 2 aliphatic rings. The first-order valence-corrected chi connectivity index (χ1v) is 8.78. The predicted octanol–water partition coefficient (Wildman–Crippen LogP) is 3.30. The molecular weight excluding hydrogens is 336 g/mol. The van der Waals surface area contributed by atoms with Crippen molar-refractivity contribution in [2.75, 3.05) is 18.4 Å². The van der Waals surface area contributed by atoms with Gasteiger partial charge in [0.15, 0.2) is 17.3 Å². The topological polar surface area (TPSA) is 89.7 Å². The fraction of sp³-hybridized carbons (Fsp3) is 0.500. The fourth-order valence-electron chi connectivity index (χ4n) is 3.34. The molecule has 1 aromatic heterocycles. The number of amides is 2. The van der Waals surface area contributed by atoms with Crippen molar-refractivity contribution in [1.29, 1.82) is 0 Å². The largest absolute Gasteiger partial charge is 0.449 e. The lowest BCUT2D eigenvalue weighted by Gasteiger charge is -2.31. The van der Waals surface area contributed by atoms with Gasteiger partial charge in [-0.1, -0.05) is 5.16 Å². The van der Waals surface area contributed by atoms with Crippen LogP contribution >= 0.6 is 0 Å². The van der Waals surface area contributed by atoms with Gasteiger partial charge in [0.1, 0.15) is 0 Å². The van der Waals surface area contributed by atoms with Crippen molar-refractivity contribution in [1.82, 2.24) is 15.0 Å². The summed E-state index contributed by atoms with van der Waals surface area (Å²) in [6.45, 7) is 6.75. The molecule has 8 heteroatoms. The third-order valence-corrected chi connectivity index (χ3v) is 4.51. The van der Waals surface area contributed by atoms with Crippen LogP contribution in [-0.4, -0.2) is 39.9 Å². The van der Waals surface area contributed by atoms with E-state index in [0.717, 1.165) is 12.8 Å². The van der Waals surface area contributed by atoms with Crippen LogP contribution in [0.5, 0.6) is 11.5 Å². The van der Waals surface area contributed by atoms with Gasteiger partial charge >= 0.3 is 6.03 Å². The molecule has 0 spiro atoms. The molecule has 1 saturated heterocycles. The maximum Gasteiger partial charge on any atom is 0.321 e. The minimum atomic E-state index is -0.687. The van der Waals surface area contributed by atoms with Crippen LogP contribution in [0.4, 0.5) is 10.5 Å². The zero-order chi connectivity index (χ0) is 18.3. The Balaban J connectivity index is 1.42. The van der Waals surface area contributed by atoms with E-state index in [1.54, 1.807) is 24.0 Å². The van der Waals surface area contributed by atoms with Gasteiger partial charge in [0.2, 0.25) is 11.7 Å². The van der Waals surface area contributed by atoms with Crippen molar-refractivity contribution >= 4 is 11.7 Å². The molecular formula is C18H22N4O4. The normalized spacial score (nSPS) is 20.9. The van der Waals surface area contributed by atoms with Gasteiger partial charge in [0.25, 0.3) is 0 Å². The number of ether oxygens (including phenoxy) is 2. The van der Waals surface area contributed by atoms with E-state index in [-0.39, 0.29) is 11.9 Å². The number of nitrogens with zero attached hydrogens (tertiary/aromatic N) is 3. The van der Waals surface area contributed by atoms with Gasteiger partial charge in [-0.15, -0.1) is 0 Å². The summed E-state index contributed by atoms with van der Waals surface area (Å²) >= 11 is 0. The number of carbonyl (C=O) groups is 1. The van der Waals surface area contributed by atoms with Gasteiger partial charge in [0.05, 0.1) is 5.92 Å². The second-order valence-electron chi connectivity index (χ2n) is 7.16. The van der Waals surface area contributed by atoms with Gasteiger partial charge in [-0.3, -0.25) is 0 Å². The van der Waals surface area contributed by atoms with E-state index < -0.39 is 5.79 Å². The lowest BCUT2D eigenvalue weighted by molar-refractivity contribution is -0.0431. The molecule has 2 amide bonds. The van der Waals surface area contributed by atoms with Crippen LogP contribution in [0.15, 0.2) is 22.7 Å². The number of hydrogen-bond acceptors (Lipinski definition) is 6. The number of hydrogen-bond donors (Lipinski definition) is 1. The highest BCUT2D eigenvalue weighted by molar-refractivity contribution is 5.89. The Bertz CT molecular complexity index is 832. The van der Waals surface area contributed by atoms with E-state index in [2.05, 4.69) is 15.5 Å². The lowest BCUT2D eigenvalue weighted by atomic mass is 9.98. The van der Waals surface area contributed by atoms with E-state index in [0.29, 0.717) is 42.0 Å². The average Bonchev–Trinajstić information content (AvgIpc) is 3.16. The molecule has 0 radical (unpaired) electrons. The first-order valence-electron chi connectivity index (χ1n) is 8.78. The average molecular weight is 358 g/mol. The monoisotopic (exact) mass is 358 g/mol. The third kappa shape index (κ3) is 3.31. The second-order valence-corrected chi connectivity index (χ2v) is 7.16. The Labute approximate surface area is 151 Å². The molecule has 26 heavy (non-hydrogen) atoms. The van der Waals surface area contributed by atoms with Crippen LogP contribution < -0.4 is 14.8 Å². The zero-order valence-corrected chi connectivity index (χ0v) is 15.1. The number of urea groups is 1. The maximum atomic E-state index is 12.7. The van der Waals surface area contributed by atoms with Crippen molar-refractivity contribution in [3.05, 3.63) is 29.9 Å². The summed E-state index contributed by atoms with van der Waals surface area (Å²) in [7, 11) is 0. The Kier molecular flexibility index (Phi) is 3.97. The first-order chi connectivity index (χ1) is 12.4. The predicted molar refractivity (Wildman–Crippen MR) is 93.4 cm³/mol. The van der Waals surface area contributed by atoms with Gasteiger partial charge in [-0.25, -0.2) is 4.79 Å². The highest BCUT2D eigenvalue weighted by Gasteiger charge is 2.32. The third-order valence-electron chi connectivity index (χ3n) is 4.51. The molecule has 4 rings (SSSR count). The quantitative estimate of drug-likeness (QED) is 0.886. The molecule has 0 bridgehead atoms. The van der Waals surface area contributed by atoms with Crippen molar-refractivity contribution in [2.24, 2.45) is 0 Å². The summed E-state index contributed by atoms with van der Waals surface area (Å²) in [6, 6.07) is 5.25. The molecule has 1 aromatic carbocycles. The molecule has 1 N–H and O–H groups in total. The number of aryl methyl sites for hydroxylation is 1. The number of anilines is 1. The van der Waals surface area contributed by atoms with E-state index >= 15 is 0 Å². The van der Waals surface area contributed by atoms with Crippen LogP contribution in [0.2, 0.25) is 0 Å². The second kappa shape index (κ2) is 6.19. The SMILES string of the molecule is Cc1noc([C@H]2CCCN(C(=O)Nc3ccc4c(c3)OC(C)(C)O4)C2)n1. The van der Waals surface area contributed by atoms with Crippen LogP contribution in [0.25, 0.3) is 0 Å². The van der Waals surface area contributed by atoms with Crippen molar-refractivity contribution in [3.63, 3.8) is 0 Å². The first kappa shape index (κ1) is 16.7. The van der Waals surface area contributed by atoms with E-state index in [1.165, 1.54) is 0 Å². The van der Waals surface area contributed by atoms with Gasteiger partial charge < -0.3 is 24.2 Å². The summed E-state index contributed by atoms with van der Waals surface area (Å²) in [6.07, 6.45) is 1.83. The molecule has 0 saturated carbocycles.